The van der Waals surface area contributed by atoms with Crippen molar-refractivity contribution in [3.05, 3.63) is 22.7 Å². The van der Waals surface area contributed by atoms with Crippen LogP contribution in [0.4, 0.5) is 23.5 Å². The molecule has 0 radical (unpaired) electrons. The van der Waals surface area contributed by atoms with E-state index < -0.39 is 38.3 Å². The van der Waals surface area contributed by atoms with E-state index in [1.54, 1.807) is 0 Å². The molecule has 2 aliphatic rings. The summed E-state index contributed by atoms with van der Waals surface area (Å²) in [4.78, 5) is 11.2. The van der Waals surface area contributed by atoms with Crippen LogP contribution in [-0.2, 0) is 16.2 Å². The second-order valence-electron chi connectivity index (χ2n) is 8.19. The average Bonchev–Trinajstić information content (AvgIpc) is 3.14. The number of anilines is 1. The summed E-state index contributed by atoms with van der Waals surface area (Å²) in [5, 5.41) is 12.1. The molecule has 14 heteroatoms. The Kier molecular flexibility index (Phi) is 6.32. The van der Waals surface area contributed by atoms with Gasteiger partial charge in [-0.15, -0.1) is 11.3 Å². The van der Waals surface area contributed by atoms with Gasteiger partial charge in [-0.05, 0) is 25.7 Å². The molecule has 0 bridgehead atoms. The predicted molar refractivity (Wildman–Crippen MR) is 112 cm³/mol. The molecule has 4 rings (SSSR count). The molecule has 0 unspecified atom stereocenters. The second kappa shape index (κ2) is 8.77. The zero-order chi connectivity index (χ0) is 24.0. The quantitative estimate of drug-likeness (QED) is 0.619. The molecule has 1 N–H and O–H groups in total. The van der Waals surface area contributed by atoms with Crippen LogP contribution in [-0.4, -0.2) is 53.1 Å². The Morgan fingerprint density at radius 2 is 1.91 bits per heavy atom. The van der Waals surface area contributed by atoms with E-state index in [0.29, 0.717) is 25.7 Å². The monoisotopic (exact) mass is 504 g/mol. The topological polar surface area (TPSA) is 112 Å². The van der Waals surface area contributed by atoms with Crippen LogP contribution < -0.4 is 5.32 Å². The third kappa shape index (κ3) is 5.10. The number of aromatic nitrogens is 3. The van der Waals surface area contributed by atoms with Gasteiger partial charge in [0.15, 0.2) is 11.5 Å². The first-order chi connectivity index (χ1) is 15.5. The zero-order valence-corrected chi connectivity index (χ0v) is 19.1. The lowest BCUT2D eigenvalue weighted by molar-refractivity contribution is -0.140. The molecule has 2 aromatic rings. The van der Waals surface area contributed by atoms with Crippen molar-refractivity contribution in [2.45, 2.75) is 43.8 Å². The van der Waals surface area contributed by atoms with Crippen LogP contribution in [0, 0.1) is 23.1 Å². The summed E-state index contributed by atoms with van der Waals surface area (Å²) >= 11 is 0.736. The number of sulfonamides is 1. The number of nitrogens with zero attached hydrogens (tertiary/aromatic N) is 5. The number of halogens is 4. The first-order valence-corrected chi connectivity index (χ1v) is 12.8. The fourth-order valence-corrected chi connectivity index (χ4v) is 5.98. The Morgan fingerprint density at radius 1 is 1.24 bits per heavy atom. The van der Waals surface area contributed by atoms with Crippen LogP contribution in [0.5, 0.6) is 0 Å². The van der Waals surface area contributed by atoms with Crippen molar-refractivity contribution in [3.8, 4) is 16.6 Å². The molecule has 3 heterocycles. The molecule has 0 spiro atoms. The van der Waals surface area contributed by atoms with Gasteiger partial charge in [-0.25, -0.2) is 32.1 Å². The van der Waals surface area contributed by atoms with Crippen LogP contribution in [0.25, 0.3) is 10.6 Å². The van der Waals surface area contributed by atoms with Crippen molar-refractivity contribution in [2.75, 3.05) is 24.7 Å². The van der Waals surface area contributed by atoms with Gasteiger partial charge in [-0.1, -0.05) is 0 Å². The van der Waals surface area contributed by atoms with E-state index in [2.05, 4.69) is 26.3 Å². The third-order valence-electron chi connectivity index (χ3n) is 5.80. The molecular formula is C19H20F4N6O2S2. The van der Waals surface area contributed by atoms with E-state index >= 15 is 0 Å². The Hall–Kier alpha value is -2.37. The SMILES string of the molecule is CS(=O)(=O)N1CCC(Nc2ncc(F)c(-c3sc([C@H]4C[C@H](C#N)C4)nc3C(F)(F)F)n2)CC1. The number of nitriles is 1. The Bertz CT molecular complexity index is 1180. The lowest BCUT2D eigenvalue weighted by Gasteiger charge is -2.30. The van der Waals surface area contributed by atoms with Gasteiger partial charge in [-0.2, -0.15) is 18.4 Å². The van der Waals surface area contributed by atoms with E-state index in [4.69, 9.17) is 5.26 Å². The number of hydrogen-bond donors (Lipinski definition) is 1. The van der Waals surface area contributed by atoms with E-state index in [1.165, 1.54) is 4.31 Å². The summed E-state index contributed by atoms with van der Waals surface area (Å²) in [6.45, 7) is 0.568. The minimum atomic E-state index is -4.80. The summed E-state index contributed by atoms with van der Waals surface area (Å²) in [6.07, 6.45) is -1.12. The van der Waals surface area contributed by atoms with Crippen LogP contribution in [0.1, 0.15) is 42.3 Å². The highest BCUT2D eigenvalue weighted by Gasteiger charge is 2.42. The van der Waals surface area contributed by atoms with E-state index in [9.17, 15) is 26.0 Å². The number of alkyl halides is 3. The van der Waals surface area contributed by atoms with Gasteiger partial charge in [0, 0.05) is 31.0 Å². The van der Waals surface area contributed by atoms with E-state index in [1.807, 2.05) is 0 Å². The van der Waals surface area contributed by atoms with E-state index in [-0.39, 0.29) is 41.9 Å². The summed E-state index contributed by atoms with van der Waals surface area (Å²) < 4.78 is 80.2. The maximum atomic E-state index is 14.5. The number of piperidine rings is 1. The molecule has 2 aromatic heterocycles. The fourth-order valence-electron chi connectivity index (χ4n) is 3.90. The number of nitrogens with one attached hydrogen (secondary N) is 1. The van der Waals surface area contributed by atoms with Gasteiger partial charge in [-0.3, -0.25) is 0 Å². The van der Waals surface area contributed by atoms with Crippen molar-refractivity contribution in [1.82, 2.24) is 19.3 Å². The molecule has 0 amide bonds. The summed E-state index contributed by atoms with van der Waals surface area (Å²) in [7, 11) is -3.30. The molecule has 0 atom stereocenters. The Morgan fingerprint density at radius 3 is 2.48 bits per heavy atom. The summed E-state index contributed by atoms with van der Waals surface area (Å²) in [6, 6.07) is 1.87. The molecule has 33 heavy (non-hydrogen) atoms. The van der Waals surface area contributed by atoms with Crippen LogP contribution in [0.2, 0.25) is 0 Å². The van der Waals surface area contributed by atoms with E-state index in [0.717, 1.165) is 23.8 Å². The van der Waals surface area contributed by atoms with Gasteiger partial charge >= 0.3 is 6.18 Å². The fraction of sp³-hybridized carbons (Fsp3) is 0.579. The van der Waals surface area contributed by atoms with Gasteiger partial charge < -0.3 is 5.32 Å². The van der Waals surface area contributed by atoms with Crippen LogP contribution >= 0.6 is 11.3 Å². The van der Waals surface area contributed by atoms with Crippen LogP contribution in [0.3, 0.4) is 0 Å². The third-order valence-corrected chi connectivity index (χ3v) is 8.33. The minimum Gasteiger partial charge on any atom is -0.351 e. The van der Waals surface area contributed by atoms with Crippen molar-refractivity contribution >= 4 is 27.3 Å². The van der Waals surface area contributed by atoms with Crippen molar-refractivity contribution in [1.29, 1.82) is 5.26 Å². The Labute approximate surface area is 191 Å². The molecule has 178 valence electrons. The van der Waals surface area contributed by atoms with Crippen molar-refractivity contribution in [3.63, 3.8) is 0 Å². The highest BCUT2D eigenvalue weighted by Crippen LogP contribution is 2.48. The normalized spacial score (nSPS) is 22.5. The number of thiazole rings is 1. The molecule has 1 aliphatic heterocycles. The molecule has 1 aliphatic carbocycles. The summed E-state index contributed by atoms with van der Waals surface area (Å²) in [5.41, 5.74) is -1.69. The summed E-state index contributed by atoms with van der Waals surface area (Å²) in [5.74, 6) is -1.52. The number of hydrogen-bond acceptors (Lipinski definition) is 8. The van der Waals surface area contributed by atoms with Gasteiger partial charge in [0.05, 0.1) is 28.4 Å². The molecule has 8 nitrogen and oxygen atoms in total. The standard InChI is InChI=1S/C19H20F4N6O2S2/c1-33(30,31)29-4-2-12(3-5-29)26-18-25-9-13(20)14(27-18)15-16(19(21,22)23)28-17(32-15)11-6-10(7-11)8-24/h9-12H,2-7H2,1H3,(H,25,26,27)/t10-,11-. The molecule has 1 saturated heterocycles. The van der Waals surface area contributed by atoms with Crippen molar-refractivity contribution in [2.24, 2.45) is 5.92 Å². The maximum Gasteiger partial charge on any atom is 0.434 e. The average molecular weight is 505 g/mol. The highest BCUT2D eigenvalue weighted by atomic mass is 32.2. The first kappa shape index (κ1) is 23.8. The lowest BCUT2D eigenvalue weighted by atomic mass is 9.76. The second-order valence-corrected chi connectivity index (χ2v) is 11.2. The predicted octanol–water partition coefficient (Wildman–Crippen LogP) is 3.61. The smallest absolute Gasteiger partial charge is 0.351 e. The lowest BCUT2D eigenvalue weighted by Crippen LogP contribution is -2.42. The van der Waals surface area contributed by atoms with Crippen molar-refractivity contribution < 1.29 is 26.0 Å². The maximum absolute atomic E-state index is 14.5. The molecule has 1 saturated carbocycles. The number of rotatable bonds is 5. The minimum absolute atomic E-state index is 0.0412. The Balaban J connectivity index is 1.58. The van der Waals surface area contributed by atoms with Gasteiger partial charge in [0.2, 0.25) is 16.0 Å². The largest absolute Gasteiger partial charge is 0.434 e. The zero-order valence-electron chi connectivity index (χ0n) is 17.4. The molecule has 0 aromatic carbocycles. The van der Waals surface area contributed by atoms with Gasteiger partial charge in [0.25, 0.3) is 0 Å². The molecule has 2 fully saturated rings. The molecular weight excluding hydrogens is 484 g/mol. The highest BCUT2D eigenvalue weighted by molar-refractivity contribution is 7.88. The van der Waals surface area contributed by atoms with Gasteiger partial charge in [0.1, 0.15) is 5.69 Å². The van der Waals surface area contributed by atoms with Crippen LogP contribution in [0.15, 0.2) is 6.20 Å². The first-order valence-electron chi connectivity index (χ1n) is 10.2.